The van der Waals surface area contributed by atoms with Gasteiger partial charge in [0.05, 0.1) is 23.8 Å². The fourth-order valence-corrected chi connectivity index (χ4v) is 2.18. The average molecular weight is 266 g/mol. The van der Waals surface area contributed by atoms with Gasteiger partial charge in [0.25, 0.3) is 5.69 Å². The molecule has 1 heterocycles. The monoisotopic (exact) mass is 266 g/mol. The maximum absolute atomic E-state index is 10.8. The van der Waals surface area contributed by atoms with E-state index in [0.717, 1.165) is 12.1 Å². The highest BCUT2D eigenvalue weighted by Crippen LogP contribution is 2.24. The molecule has 3 N–H and O–H groups in total. The number of nitrogen functional groups attached to an aromatic ring is 1. The lowest BCUT2D eigenvalue weighted by Gasteiger charge is -2.33. The number of nitrogens with two attached hydrogens (primary N) is 1. The number of nitro benzene ring substituents is 1. The Hall–Kier alpha value is -1.70. The third kappa shape index (κ3) is 3.19. The van der Waals surface area contributed by atoms with Crippen LogP contribution < -0.4 is 11.3 Å². The molecule has 1 aromatic carbocycles. The zero-order chi connectivity index (χ0) is 13.8. The largest absolute Gasteiger partial charge is 0.379 e. The average Bonchev–Trinajstić information content (AvgIpc) is 2.41. The van der Waals surface area contributed by atoms with Gasteiger partial charge in [-0.2, -0.15) is 0 Å². The third-order valence-corrected chi connectivity index (χ3v) is 3.33. The molecule has 0 bridgehead atoms. The van der Waals surface area contributed by atoms with Crippen LogP contribution in [0.15, 0.2) is 18.2 Å². The van der Waals surface area contributed by atoms with Crippen molar-refractivity contribution in [1.29, 1.82) is 0 Å². The number of morpholine rings is 1. The van der Waals surface area contributed by atoms with Gasteiger partial charge < -0.3 is 10.2 Å². The summed E-state index contributed by atoms with van der Waals surface area (Å²) in [4.78, 5) is 12.7. The van der Waals surface area contributed by atoms with Gasteiger partial charge in [-0.05, 0) is 18.6 Å². The van der Waals surface area contributed by atoms with Gasteiger partial charge in [0.1, 0.15) is 0 Å². The first-order valence-corrected chi connectivity index (χ1v) is 6.17. The van der Waals surface area contributed by atoms with Crippen molar-refractivity contribution in [3.05, 3.63) is 33.9 Å². The predicted molar refractivity (Wildman–Crippen MR) is 71.6 cm³/mol. The molecule has 2 rings (SSSR count). The molecule has 1 saturated heterocycles. The fourth-order valence-electron chi connectivity index (χ4n) is 2.18. The van der Waals surface area contributed by atoms with Crippen LogP contribution in [0.4, 0.5) is 11.4 Å². The summed E-state index contributed by atoms with van der Waals surface area (Å²) in [6.07, 6.45) is 0. The minimum Gasteiger partial charge on any atom is -0.379 e. The molecule has 1 unspecified atom stereocenters. The summed E-state index contributed by atoms with van der Waals surface area (Å²) >= 11 is 0. The first-order chi connectivity index (χ1) is 9.11. The van der Waals surface area contributed by atoms with Gasteiger partial charge in [-0.25, -0.2) is 0 Å². The number of nitro groups is 1. The van der Waals surface area contributed by atoms with E-state index >= 15 is 0 Å². The minimum absolute atomic E-state index is 0.0786. The Kier molecular flexibility index (Phi) is 4.31. The fraction of sp³-hybridized carbons (Fsp3) is 0.500. The van der Waals surface area contributed by atoms with Crippen LogP contribution >= 0.6 is 0 Å². The van der Waals surface area contributed by atoms with Crippen molar-refractivity contribution in [3.8, 4) is 0 Å². The Morgan fingerprint density at radius 3 is 3.05 bits per heavy atom. The molecular formula is C12H18N4O3. The molecule has 7 heteroatoms. The highest BCUT2D eigenvalue weighted by molar-refractivity contribution is 5.55. The van der Waals surface area contributed by atoms with Gasteiger partial charge in [-0.3, -0.25) is 20.9 Å². The van der Waals surface area contributed by atoms with Crippen molar-refractivity contribution in [1.82, 2.24) is 4.90 Å². The number of rotatable bonds is 4. The van der Waals surface area contributed by atoms with E-state index in [-0.39, 0.29) is 5.69 Å². The number of nitrogens with zero attached hydrogens (tertiary/aromatic N) is 2. The molecule has 1 aliphatic rings. The van der Waals surface area contributed by atoms with Gasteiger partial charge >= 0.3 is 0 Å². The van der Waals surface area contributed by atoms with Crippen LogP contribution in [-0.2, 0) is 11.3 Å². The second-order valence-electron chi connectivity index (χ2n) is 4.64. The van der Waals surface area contributed by atoms with Crippen molar-refractivity contribution >= 4 is 11.4 Å². The molecule has 104 valence electrons. The summed E-state index contributed by atoms with van der Waals surface area (Å²) in [6, 6.07) is 4.94. The molecule has 19 heavy (non-hydrogen) atoms. The van der Waals surface area contributed by atoms with Crippen LogP contribution in [-0.4, -0.2) is 35.6 Å². The standard InChI is InChI=1S/C12H18N4O3/c1-9-8-19-5-4-15(9)7-10-6-11(16(17)18)2-3-12(10)14-13/h2-3,6,9,14H,4-5,7-8,13H2,1H3. The van der Waals surface area contributed by atoms with Gasteiger partial charge in [-0.1, -0.05) is 0 Å². The Morgan fingerprint density at radius 2 is 2.42 bits per heavy atom. The zero-order valence-electron chi connectivity index (χ0n) is 10.8. The number of non-ortho nitro benzene ring substituents is 1. The molecular weight excluding hydrogens is 248 g/mol. The SMILES string of the molecule is CC1COCCN1Cc1cc([N+](=O)[O-])ccc1NN. The molecule has 1 atom stereocenters. The molecule has 0 spiro atoms. The topological polar surface area (TPSA) is 93.7 Å². The van der Waals surface area contributed by atoms with Crippen LogP contribution in [0, 0.1) is 10.1 Å². The van der Waals surface area contributed by atoms with Crippen LogP contribution in [0.25, 0.3) is 0 Å². The van der Waals surface area contributed by atoms with Crippen molar-refractivity contribution in [2.45, 2.75) is 19.5 Å². The van der Waals surface area contributed by atoms with Gasteiger partial charge in [0, 0.05) is 31.3 Å². The zero-order valence-corrected chi connectivity index (χ0v) is 10.8. The number of hydrogen-bond donors (Lipinski definition) is 2. The molecule has 0 amide bonds. The lowest BCUT2D eigenvalue weighted by atomic mass is 10.1. The number of hydrogen-bond acceptors (Lipinski definition) is 6. The maximum Gasteiger partial charge on any atom is 0.269 e. The Balaban J connectivity index is 2.21. The normalized spacial score (nSPS) is 20.2. The van der Waals surface area contributed by atoms with Gasteiger partial charge in [0.15, 0.2) is 0 Å². The van der Waals surface area contributed by atoms with Crippen molar-refractivity contribution < 1.29 is 9.66 Å². The van der Waals surface area contributed by atoms with E-state index in [1.54, 1.807) is 12.1 Å². The summed E-state index contributed by atoms with van der Waals surface area (Å²) in [6.45, 7) is 4.87. The van der Waals surface area contributed by atoms with Crippen LogP contribution in [0.3, 0.4) is 0 Å². The Labute approximate surface area is 111 Å². The Bertz CT molecular complexity index is 466. The van der Waals surface area contributed by atoms with Gasteiger partial charge in [0.2, 0.25) is 0 Å². The number of ether oxygens (including phenoxy) is 1. The van der Waals surface area contributed by atoms with E-state index < -0.39 is 4.92 Å². The molecule has 1 aliphatic heterocycles. The molecule has 7 nitrogen and oxygen atoms in total. The summed E-state index contributed by atoms with van der Waals surface area (Å²) in [5.74, 6) is 5.45. The highest BCUT2D eigenvalue weighted by atomic mass is 16.6. The quantitative estimate of drug-likeness (QED) is 0.481. The van der Waals surface area contributed by atoms with Crippen molar-refractivity contribution in [2.24, 2.45) is 5.84 Å². The van der Waals surface area contributed by atoms with E-state index in [4.69, 9.17) is 10.6 Å². The number of hydrazine groups is 1. The highest BCUT2D eigenvalue weighted by Gasteiger charge is 2.21. The van der Waals surface area contributed by atoms with E-state index in [2.05, 4.69) is 17.2 Å². The molecule has 0 aliphatic carbocycles. The van der Waals surface area contributed by atoms with E-state index in [0.29, 0.717) is 31.5 Å². The maximum atomic E-state index is 10.8. The second-order valence-corrected chi connectivity index (χ2v) is 4.64. The molecule has 0 radical (unpaired) electrons. The predicted octanol–water partition coefficient (Wildman–Crippen LogP) is 1.10. The summed E-state index contributed by atoms with van der Waals surface area (Å²) in [7, 11) is 0. The lowest BCUT2D eigenvalue weighted by molar-refractivity contribution is -0.384. The van der Waals surface area contributed by atoms with Crippen molar-refractivity contribution in [3.63, 3.8) is 0 Å². The van der Waals surface area contributed by atoms with E-state index in [1.165, 1.54) is 6.07 Å². The molecule has 1 aromatic rings. The van der Waals surface area contributed by atoms with Crippen LogP contribution in [0.5, 0.6) is 0 Å². The molecule has 1 fully saturated rings. The smallest absolute Gasteiger partial charge is 0.269 e. The minimum atomic E-state index is -0.396. The molecule has 0 saturated carbocycles. The van der Waals surface area contributed by atoms with Crippen molar-refractivity contribution in [2.75, 3.05) is 25.2 Å². The van der Waals surface area contributed by atoms with Crippen LogP contribution in [0.2, 0.25) is 0 Å². The summed E-state index contributed by atoms with van der Waals surface area (Å²) in [5, 5.41) is 10.8. The first kappa shape index (κ1) is 13.7. The van der Waals surface area contributed by atoms with Crippen LogP contribution in [0.1, 0.15) is 12.5 Å². The second kappa shape index (κ2) is 5.96. The number of anilines is 1. The van der Waals surface area contributed by atoms with E-state index in [1.807, 2.05) is 0 Å². The van der Waals surface area contributed by atoms with Gasteiger partial charge in [-0.15, -0.1) is 0 Å². The third-order valence-electron chi connectivity index (χ3n) is 3.33. The molecule has 0 aromatic heterocycles. The lowest BCUT2D eigenvalue weighted by Crippen LogP contribution is -2.43. The first-order valence-electron chi connectivity index (χ1n) is 6.17. The Morgan fingerprint density at radius 1 is 1.63 bits per heavy atom. The van der Waals surface area contributed by atoms with E-state index in [9.17, 15) is 10.1 Å². The summed E-state index contributed by atoms with van der Waals surface area (Å²) < 4.78 is 5.38. The number of benzene rings is 1. The summed E-state index contributed by atoms with van der Waals surface area (Å²) in [5.41, 5.74) is 4.20. The number of nitrogens with one attached hydrogen (secondary N) is 1.